The van der Waals surface area contributed by atoms with E-state index in [0.29, 0.717) is 11.0 Å². The van der Waals surface area contributed by atoms with Crippen LogP contribution >= 0.6 is 0 Å². The minimum absolute atomic E-state index is 0. The fraction of sp³-hybridized carbons (Fsp3) is 0.125. The summed E-state index contributed by atoms with van der Waals surface area (Å²) in [6, 6.07) is 6.86. The first-order chi connectivity index (χ1) is 6.56. The summed E-state index contributed by atoms with van der Waals surface area (Å²) in [5, 5.41) is 4.17. The third kappa shape index (κ3) is 2.83. The number of rotatable bonds is 2. The van der Waals surface area contributed by atoms with Crippen LogP contribution in [0.3, 0.4) is 0 Å². The van der Waals surface area contributed by atoms with Crippen molar-refractivity contribution in [2.24, 2.45) is 0 Å². The van der Waals surface area contributed by atoms with Crippen molar-refractivity contribution < 1.29 is 37.8 Å². The number of para-hydroxylation sites is 1. The van der Waals surface area contributed by atoms with Crippen LogP contribution in [0.25, 0.3) is 11.0 Å². The van der Waals surface area contributed by atoms with Crippen LogP contribution in [0.1, 0.15) is 7.12 Å². The minimum Gasteiger partial charge on any atom is -1.00 e. The average Bonchev–Trinajstić information content (AvgIpc) is 2.47. The molecular formula is C8H8LiNO4S. The van der Waals surface area contributed by atoms with Crippen molar-refractivity contribution >= 4 is 21.1 Å². The molecule has 1 aromatic heterocycles. The van der Waals surface area contributed by atoms with Gasteiger partial charge in [-0.15, -0.1) is 0 Å². The number of hydrogen-bond donors (Lipinski definition) is 1. The van der Waals surface area contributed by atoms with E-state index in [2.05, 4.69) is 5.16 Å². The second-order valence-electron chi connectivity index (χ2n) is 2.85. The average molecular weight is 221 g/mol. The van der Waals surface area contributed by atoms with Gasteiger partial charge in [-0.1, -0.05) is 17.3 Å². The molecule has 2 aromatic rings. The normalized spacial score (nSPS) is 11.3. The van der Waals surface area contributed by atoms with E-state index in [-0.39, 0.29) is 26.0 Å². The van der Waals surface area contributed by atoms with E-state index < -0.39 is 15.9 Å². The predicted octanol–water partition coefficient (Wildman–Crippen LogP) is -1.67. The second kappa shape index (κ2) is 4.37. The molecule has 0 spiro atoms. The molecule has 0 fully saturated rings. The largest absolute Gasteiger partial charge is 1.00 e. The van der Waals surface area contributed by atoms with Gasteiger partial charge in [0.05, 0.1) is 0 Å². The molecule has 0 radical (unpaired) electrons. The summed E-state index contributed by atoms with van der Waals surface area (Å²) in [7, 11) is -4.06. The van der Waals surface area contributed by atoms with Gasteiger partial charge in [-0.3, -0.25) is 4.55 Å². The molecule has 0 aliphatic carbocycles. The van der Waals surface area contributed by atoms with Gasteiger partial charge in [0.1, 0.15) is 11.4 Å². The number of aromatic nitrogens is 1. The third-order valence-corrected chi connectivity index (χ3v) is 2.41. The van der Waals surface area contributed by atoms with E-state index >= 15 is 0 Å². The summed E-state index contributed by atoms with van der Waals surface area (Å²) in [5.74, 6) is -0.524. The van der Waals surface area contributed by atoms with Crippen molar-refractivity contribution in [3.63, 3.8) is 0 Å². The summed E-state index contributed by atoms with van der Waals surface area (Å²) < 4.78 is 34.7. The van der Waals surface area contributed by atoms with Crippen molar-refractivity contribution in [3.8, 4) is 0 Å². The van der Waals surface area contributed by atoms with Gasteiger partial charge < -0.3 is 5.95 Å². The van der Waals surface area contributed by atoms with Gasteiger partial charge in [0.2, 0.25) is 0 Å². The van der Waals surface area contributed by atoms with Gasteiger partial charge >= 0.3 is 18.9 Å². The van der Waals surface area contributed by atoms with Gasteiger partial charge in [-0.2, -0.15) is 8.42 Å². The summed E-state index contributed by atoms with van der Waals surface area (Å²) in [6.07, 6.45) is 0. The molecule has 0 amide bonds. The SMILES string of the molecule is O=S(=O)(O)Cc1noc2ccccc12.[H-].[Li+]. The van der Waals surface area contributed by atoms with E-state index in [9.17, 15) is 8.42 Å². The number of fused-ring (bicyclic) bond motifs is 1. The quantitative estimate of drug-likeness (QED) is 0.484. The van der Waals surface area contributed by atoms with E-state index in [1.807, 2.05) is 0 Å². The van der Waals surface area contributed by atoms with Gasteiger partial charge in [0.25, 0.3) is 10.1 Å². The minimum atomic E-state index is -4.06. The zero-order valence-corrected chi connectivity index (χ0v) is 8.86. The maximum Gasteiger partial charge on any atom is 1.00 e. The second-order valence-corrected chi connectivity index (χ2v) is 4.30. The Morgan fingerprint density at radius 2 is 2.07 bits per heavy atom. The number of nitrogens with zero attached hydrogens (tertiary/aromatic N) is 1. The molecule has 1 aromatic carbocycles. The molecule has 0 saturated carbocycles. The molecule has 76 valence electrons. The van der Waals surface area contributed by atoms with Crippen LogP contribution < -0.4 is 18.9 Å². The molecule has 15 heavy (non-hydrogen) atoms. The van der Waals surface area contributed by atoms with Gasteiger partial charge in [-0.05, 0) is 12.1 Å². The van der Waals surface area contributed by atoms with Crippen LogP contribution in [-0.2, 0) is 15.9 Å². The molecule has 0 bridgehead atoms. The number of hydrogen-bond acceptors (Lipinski definition) is 4. The summed E-state index contributed by atoms with van der Waals surface area (Å²) in [4.78, 5) is 0. The number of benzene rings is 1. The Morgan fingerprint density at radius 1 is 1.40 bits per heavy atom. The van der Waals surface area contributed by atoms with Crippen LogP contribution in [0.4, 0.5) is 0 Å². The zero-order chi connectivity index (χ0) is 10.2. The zero-order valence-electron chi connectivity index (χ0n) is 9.04. The van der Waals surface area contributed by atoms with Crippen molar-refractivity contribution in [2.45, 2.75) is 5.75 Å². The topological polar surface area (TPSA) is 80.4 Å². The first-order valence-electron chi connectivity index (χ1n) is 3.85. The van der Waals surface area contributed by atoms with Crippen molar-refractivity contribution in [3.05, 3.63) is 30.0 Å². The van der Waals surface area contributed by atoms with Crippen molar-refractivity contribution in [1.82, 2.24) is 5.16 Å². The van der Waals surface area contributed by atoms with Gasteiger partial charge in [0, 0.05) is 5.39 Å². The molecule has 7 heteroatoms. The molecule has 0 saturated heterocycles. The first kappa shape index (κ1) is 12.3. The van der Waals surface area contributed by atoms with Crippen LogP contribution in [-0.4, -0.2) is 18.1 Å². The van der Waals surface area contributed by atoms with E-state index in [1.165, 1.54) is 0 Å². The van der Waals surface area contributed by atoms with E-state index in [0.717, 1.165) is 0 Å². The van der Waals surface area contributed by atoms with Crippen LogP contribution in [0.2, 0.25) is 0 Å². The van der Waals surface area contributed by atoms with E-state index in [4.69, 9.17) is 9.08 Å². The molecular weight excluding hydrogens is 213 g/mol. The van der Waals surface area contributed by atoms with Crippen LogP contribution in [0.5, 0.6) is 0 Å². The molecule has 1 heterocycles. The Morgan fingerprint density at radius 3 is 2.73 bits per heavy atom. The van der Waals surface area contributed by atoms with Gasteiger partial charge in [0.15, 0.2) is 5.58 Å². The smallest absolute Gasteiger partial charge is 1.00 e. The first-order valence-corrected chi connectivity index (χ1v) is 5.45. The third-order valence-electron chi connectivity index (χ3n) is 1.77. The molecule has 5 nitrogen and oxygen atoms in total. The molecule has 0 aliphatic rings. The van der Waals surface area contributed by atoms with Crippen molar-refractivity contribution in [1.29, 1.82) is 0 Å². The van der Waals surface area contributed by atoms with Crippen LogP contribution in [0, 0.1) is 0 Å². The molecule has 0 unspecified atom stereocenters. The Bertz CT molecular complexity index is 568. The molecule has 2 rings (SSSR count). The van der Waals surface area contributed by atoms with Crippen LogP contribution in [0.15, 0.2) is 28.8 Å². The Hall–Kier alpha value is -0.803. The summed E-state index contributed by atoms with van der Waals surface area (Å²) in [5.41, 5.74) is 0.731. The predicted molar refractivity (Wildman–Crippen MR) is 50.4 cm³/mol. The summed E-state index contributed by atoms with van der Waals surface area (Å²) >= 11 is 0. The molecule has 1 N–H and O–H groups in total. The standard InChI is InChI=1S/C8H7NO4S.Li.H/c10-14(11,12)5-7-6-3-1-2-4-8(6)13-9-7;;/h1-4H,5H2,(H,10,11,12);;/q;+1;-1. The van der Waals surface area contributed by atoms with Gasteiger partial charge in [-0.25, -0.2) is 0 Å². The van der Waals surface area contributed by atoms with Crippen molar-refractivity contribution in [2.75, 3.05) is 0 Å². The maximum atomic E-state index is 10.6. The monoisotopic (exact) mass is 221 g/mol. The Kier molecular flexibility index (Phi) is 3.57. The van der Waals surface area contributed by atoms with E-state index in [1.54, 1.807) is 24.3 Å². The Labute approximate surface area is 99.9 Å². The fourth-order valence-electron chi connectivity index (χ4n) is 1.21. The molecule has 0 atom stereocenters. The maximum absolute atomic E-state index is 10.6. The Balaban J connectivity index is 0.00000112. The summed E-state index contributed by atoms with van der Waals surface area (Å²) in [6.45, 7) is 0. The fourth-order valence-corrected chi connectivity index (χ4v) is 1.77. The molecule has 0 aliphatic heterocycles.